The summed E-state index contributed by atoms with van der Waals surface area (Å²) in [7, 11) is 0. The van der Waals surface area contributed by atoms with E-state index in [4.69, 9.17) is 0 Å². The molecule has 0 fully saturated rings. The Bertz CT molecular complexity index is 1030. The summed E-state index contributed by atoms with van der Waals surface area (Å²) in [6, 6.07) is -2.71. The first kappa shape index (κ1) is 46.8. The molecule has 16 nitrogen and oxygen atoms in total. The van der Waals surface area contributed by atoms with Gasteiger partial charge in [-0.3, -0.25) is 28.8 Å². The van der Waals surface area contributed by atoms with E-state index in [9.17, 15) is 58.8 Å². The van der Waals surface area contributed by atoms with E-state index in [1.165, 1.54) is 0 Å². The smallest absolute Gasteiger partial charge is 0.326 e. The van der Waals surface area contributed by atoms with Crippen molar-refractivity contribution in [3.8, 4) is 0 Å². The average molecular weight is 729 g/mol. The minimum absolute atomic E-state index is 0.0350. The summed E-state index contributed by atoms with van der Waals surface area (Å²) in [6.07, 6.45) is 10.3. The van der Waals surface area contributed by atoms with Crippen LogP contribution in [0.1, 0.15) is 136 Å². The number of amides is 4. The summed E-state index contributed by atoms with van der Waals surface area (Å²) in [4.78, 5) is 98.7. The fraction of sp³-hybridized carbons (Fsp3) is 0.771. The monoisotopic (exact) mass is 728 g/mol. The van der Waals surface area contributed by atoms with Crippen molar-refractivity contribution in [2.45, 2.75) is 148 Å². The number of nitrogens with zero attached hydrogens (tertiary/aromatic N) is 2. The summed E-state index contributed by atoms with van der Waals surface area (Å²) >= 11 is 0. The minimum Gasteiger partial charge on any atom is -0.480 e. The third kappa shape index (κ3) is 24.5. The van der Waals surface area contributed by atoms with Gasteiger partial charge in [0.25, 0.3) is 0 Å². The first-order valence-electron chi connectivity index (χ1n) is 18.2. The average Bonchev–Trinajstić information content (AvgIpc) is 3.06. The van der Waals surface area contributed by atoms with E-state index in [0.29, 0.717) is 12.8 Å². The van der Waals surface area contributed by atoms with Crippen molar-refractivity contribution in [3.63, 3.8) is 0 Å². The highest BCUT2D eigenvalue weighted by molar-refractivity contribution is 5.86. The number of hydrogen-bond donors (Lipinski definition) is 6. The Hall–Kier alpha value is -4.24. The van der Waals surface area contributed by atoms with Crippen molar-refractivity contribution >= 4 is 47.5 Å². The fourth-order valence-electron chi connectivity index (χ4n) is 5.39. The second-order valence-corrected chi connectivity index (χ2v) is 12.8. The number of nitrogens with one attached hydrogen (secondary N) is 2. The zero-order valence-corrected chi connectivity index (χ0v) is 30.4. The summed E-state index contributed by atoms with van der Waals surface area (Å²) in [5, 5.41) is 42.6. The number of rotatable bonds is 32. The van der Waals surface area contributed by atoms with E-state index in [2.05, 4.69) is 24.5 Å². The van der Waals surface area contributed by atoms with Crippen LogP contribution in [-0.2, 0) is 38.4 Å². The molecule has 0 aliphatic carbocycles. The van der Waals surface area contributed by atoms with E-state index < -0.39 is 72.7 Å². The highest BCUT2D eigenvalue weighted by Crippen LogP contribution is 2.11. The van der Waals surface area contributed by atoms with Crippen molar-refractivity contribution in [2.75, 3.05) is 26.2 Å². The van der Waals surface area contributed by atoms with Gasteiger partial charge >= 0.3 is 23.9 Å². The summed E-state index contributed by atoms with van der Waals surface area (Å²) < 4.78 is 0. The second kappa shape index (κ2) is 28.5. The summed E-state index contributed by atoms with van der Waals surface area (Å²) in [5.74, 6) is -7.69. The van der Waals surface area contributed by atoms with Crippen LogP contribution in [0.2, 0.25) is 0 Å². The first-order valence-corrected chi connectivity index (χ1v) is 18.2. The highest BCUT2D eigenvalue weighted by Gasteiger charge is 2.26. The van der Waals surface area contributed by atoms with Gasteiger partial charge in [0.05, 0.1) is 0 Å². The Morgan fingerprint density at radius 1 is 0.471 bits per heavy atom. The number of carbonyl (C=O) groups excluding carboxylic acids is 4. The molecule has 4 amide bonds. The van der Waals surface area contributed by atoms with Gasteiger partial charge in [-0.25, -0.2) is 9.59 Å². The Morgan fingerprint density at radius 3 is 1.12 bits per heavy atom. The largest absolute Gasteiger partial charge is 0.480 e. The Morgan fingerprint density at radius 2 is 0.804 bits per heavy atom. The number of unbranched alkanes of at least 4 members (excludes halogenated alkanes) is 10. The lowest BCUT2D eigenvalue weighted by atomic mass is 10.1. The van der Waals surface area contributed by atoms with Gasteiger partial charge in [0.1, 0.15) is 25.2 Å². The van der Waals surface area contributed by atoms with Crippen LogP contribution in [0.15, 0.2) is 0 Å². The molecular weight excluding hydrogens is 668 g/mol. The molecule has 0 aliphatic rings. The molecule has 6 N–H and O–H groups in total. The van der Waals surface area contributed by atoms with Crippen LogP contribution in [-0.4, -0.2) is 116 Å². The zero-order chi connectivity index (χ0) is 38.6. The molecule has 0 spiro atoms. The van der Waals surface area contributed by atoms with Gasteiger partial charge in [0.15, 0.2) is 0 Å². The van der Waals surface area contributed by atoms with Gasteiger partial charge in [-0.1, -0.05) is 78.1 Å². The molecule has 0 bridgehead atoms. The predicted molar refractivity (Wildman–Crippen MR) is 187 cm³/mol. The number of carbonyl (C=O) groups is 8. The van der Waals surface area contributed by atoms with Crippen molar-refractivity contribution < 1.29 is 58.8 Å². The van der Waals surface area contributed by atoms with Gasteiger partial charge in [-0.2, -0.15) is 0 Å². The highest BCUT2D eigenvalue weighted by atomic mass is 16.4. The van der Waals surface area contributed by atoms with Crippen molar-refractivity contribution in [2.24, 2.45) is 0 Å². The molecule has 0 saturated heterocycles. The molecule has 51 heavy (non-hydrogen) atoms. The first-order chi connectivity index (χ1) is 24.2. The lowest BCUT2D eigenvalue weighted by Gasteiger charge is -2.25. The van der Waals surface area contributed by atoms with E-state index in [1.807, 2.05) is 0 Å². The number of carboxylic acid groups (broad SMARTS) is 4. The quantitative estimate of drug-likeness (QED) is 0.0546. The lowest BCUT2D eigenvalue weighted by molar-refractivity contribution is -0.146. The standard InChI is InChI=1S/C35H60N4O12/c1-3-5-7-9-11-13-16-28(40)36-26(34(48)49)18-20-30(42)38(24-32(44)45)22-15-23-39(25-33(46)47)31(43)21-19-27(35(50)51)37-29(41)17-14-12-10-8-6-4-2/h26-27H,3-25H2,1-2H3,(H,36,40)(H,37,41)(H,44,45)(H,46,47)(H,48,49)(H,50,51). The topological polar surface area (TPSA) is 248 Å². The molecule has 0 aliphatic heterocycles. The van der Waals surface area contributed by atoms with Gasteiger partial charge in [-0.05, 0) is 32.1 Å². The van der Waals surface area contributed by atoms with Gasteiger partial charge < -0.3 is 40.9 Å². The molecule has 0 aromatic carbocycles. The van der Waals surface area contributed by atoms with Crippen LogP contribution >= 0.6 is 0 Å². The third-order valence-corrected chi connectivity index (χ3v) is 8.29. The SMILES string of the molecule is CCCCCCCCC(=O)NC(CCC(=O)N(CCCN(CC(=O)O)C(=O)CCC(NC(=O)CCCCCCCC)C(=O)O)CC(=O)O)C(=O)O. The normalized spacial score (nSPS) is 12.0. The van der Waals surface area contributed by atoms with Crippen molar-refractivity contribution in [1.29, 1.82) is 0 Å². The number of hydrogen-bond acceptors (Lipinski definition) is 8. The molecule has 0 saturated carbocycles. The van der Waals surface area contributed by atoms with Crippen LogP contribution in [0, 0.1) is 0 Å². The van der Waals surface area contributed by atoms with Gasteiger partial charge in [-0.15, -0.1) is 0 Å². The van der Waals surface area contributed by atoms with Crippen LogP contribution in [0.5, 0.6) is 0 Å². The second-order valence-electron chi connectivity index (χ2n) is 12.8. The Kier molecular flexibility index (Phi) is 26.1. The molecule has 2 atom stereocenters. The van der Waals surface area contributed by atoms with Crippen molar-refractivity contribution in [3.05, 3.63) is 0 Å². The molecule has 0 aromatic rings. The predicted octanol–water partition coefficient (Wildman–Crippen LogP) is 3.40. The molecule has 0 radical (unpaired) electrons. The molecular formula is C35H60N4O12. The van der Waals surface area contributed by atoms with Gasteiger partial charge in [0, 0.05) is 38.8 Å². The third-order valence-electron chi connectivity index (χ3n) is 8.29. The fourth-order valence-corrected chi connectivity index (χ4v) is 5.39. The zero-order valence-electron chi connectivity index (χ0n) is 30.4. The maximum Gasteiger partial charge on any atom is 0.326 e. The van der Waals surface area contributed by atoms with E-state index in [0.717, 1.165) is 74.0 Å². The minimum atomic E-state index is -1.35. The summed E-state index contributed by atoms with van der Waals surface area (Å²) in [5.41, 5.74) is 0. The molecule has 0 rings (SSSR count). The van der Waals surface area contributed by atoms with E-state index in [-0.39, 0.29) is 58.0 Å². The molecule has 2 unspecified atom stereocenters. The Labute approximate surface area is 300 Å². The number of carboxylic acids is 4. The van der Waals surface area contributed by atoms with E-state index in [1.54, 1.807) is 0 Å². The van der Waals surface area contributed by atoms with Crippen LogP contribution < -0.4 is 10.6 Å². The molecule has 292 valence electrons. The van der Waals surface area contributed by atoms with E-state index >= 15 is 0 Å². The maximum absolute atomic E-state index is 12.9. The van der Waals surface area contributed by atoms with Crippen LogP contribution in [0.4, 0.5) is 0 Å². The number of aliphatic carboxylic acids is 4. The maximum atomic E-state index is 12.9. The molecule has 16 heteroatoms. The van der Waals surface area contributed by atoms with Crippen molar-refractivity contribution in [1.82, 2.24) is 20.4 Å². The summed E-state index contributed by atoms with van der Waals surface area (Å²) in [6.45, 7) is 2.32. The molecule has 0 aromatic heterocycles. The van der Waals surface area contributed by atoms with Gasteiger partial charge in [0.2, 0.25) is 23.6 Å². The Balaban J connectivity index is 5.09. The van der Waals surface area contributed by atoms with Crippen LogP contribution in [0.25, 0.3) is 0 Å². The lowest BCUT2D eigenvalue weighted by Crippen LogP contribution is -2.44. The van der Waals surface area contributed by atoms with Crippen LogP contribution in [0.3, 0.4) is 0 Å². The molecule has 0 heterocycles.